The minimum atomic E-state index is 0.850. The van der Waals surface area contributed by atoms with E-state index in [2.05, 4.69) is 94.4 Å². The predicted molar refractivity (Wildman–Crippen MR) is 143 cm³/mol. The van der Waals surface area contributed by atoms with Crippen molar-refractivity contribution in [3.63, 3.8) is 0 Å². The van der Waals surface area contributed by atoms with E-state index in [4.69, 9.17) is 0 Å². The number of hydrogen-bond acceptors (Lipinski definition) is 1. The van der Waals surface area contributed by atoms with Crippen molar-refractivity contribution in [2.45, 2.75) is 75.2 Å². The highest BCUT2D eigenvalue weighted by molar-refractivity contribution is 5.64. The first-order valence-electron chi connectivity index (χ1n) is 11.4. The van der Waals surface area contributed by atoms with E-state index in [1.165, 1.54) is 27.8 Å². The third kappa shape index (κ3) is 10.3. The van der Waals surface area contributed by atoms with Gasteiger partial charge >= 0.3 is 0 Å². The molecule has 2 rings (SSSR count). The Hall–Kier alpha value is -2.67. The van der Waals surface area contributed by atoms with Crippen LogP contribution in [0.2, 0.25) is 0 Å². The molecule has 0 saturated heterocycles. The largest absolute Gasteiger partial charge is 0.254 e. The second-order valence-corrected chi connectivity index (χ2v) is 7.80. The zero-order valence-electron chi connectivity index (χ0n) is 21.4. The second-order valence-electron chi connectivity index (χ2n) is 7.80. The molecule has 0 radical (unpaired) electrons. The molecule has 0 saturated carbocycles. The fourth-order valence-corrected chi connectivity index (χ4v) is 3.17. The van der Waals surface area contributed by atoms with Gasteiger partial charge in [0.15, 0.2) is 0 Å². The summed E-state index contributed by atoms with van der Waals surface area (Å²) in [6.45, 7) is 26.5. The average Bonchev–Trinajstić information content (AvgIpc) is 2.73. The van der Waals surface area contributed by atoms with Crippen molar-refractivity contribution in [2.24, 2.45) is 0 Å². The Bertz CT molecular complexity index is 982. The Morgan fingerprint density at radius 3 is 2.00 bits per heavy atom. The monoisotopic (exact) mass is 417 g/mol. The molecule has 168 valence electrons. The molecule has 0 bridgehead atoms. The van der Waals surface area contributed by atoms with Gasteiger partial charge in [-0.1, -0.05) is 93.1 Å². The van der Waals surface area contributed by atoms with E-state index >= 15 is 0 Å². The zero-order chi connectivity index (χ0) is 24.0. The number of hydrogen-bond donors (Lipinski definition) is 0. The number of allylic oxidation sites excluding steroid dienone is 5. The van der Waals surface area contributed by atoms with Crippen LogP contribution in [0.25, 0.3) is 17.7 Å². The summed E-state index contributed by atoms with van der Waals surface area (Å²) >= 11 is 0. The van der Waals surface area contributed by atoms with Crippen LogP contribution >= 0.6 is 0 Å². The number of benzene rings is 1. The highest BCUT2D eigenvalue weighted by Gasteiger charge is 2.01. The fraction of sp³-hybridized carbons (Fsp3) is 0.367. The quantitative estimate of drug-likeness (QED) is 0.463. The van der Waals surface area contributed by atoms with Crippen molar-refractivity contribution < 1.29 is 0 Å². The minimum absolute atomic E-state index is 0.850. The maximum absolute atomic E-state index is 4.36. The van der Waals surface area contributed by atoms with Crippen molar-refractivity contribution in [2.75, 3.05) is 0 Å². The summed E-state index contributed by atoms with van der Waals surface area (Å²) in [5.41, 5.74) is 8.68. The molecule has 1 aromatic carbocycles. The number of aromatic nitrogens is 1. The highest BCUT2D eigenvalue weighted by atomic mass is 14.7. The first kappa shape index (κ1) is 28.3. The number of aryl methyl sites for hydroxylation is 2. The summed E-state index contributed by atoms with van der Waals surface area (Å²) < 4.78 is 0. The lowest BCUT2D eigenvalue weighted by Crippen LogP contribution is -2.32. The highest BCUT2D eigenvalue weighted by Crippen LogP contribution is 2.10. The number of nitrogens with zero attached hydrogens (tertiary/aromatic N) is 1. The van der Waals surface area contributed by atoms with Crippen molar-refractivity contribution >= 4 is 17.7 Å². The van der Waals surface area contributed by atoms with Crippen molar-refractivity contribution in [1.29, 1.82) is 0 Å². The lowest BCUT2D eigenvalue weighted by Gasteiger charge is -2.05. The van der Waals surface area contributed by atoms with E-state index in [-0.39, 0.29) is 0 Å². The molecule has 0 fully saturated rings. The molecule has 1 heterocycles. The van der Waals surface area contributed by atoms with Gasteiger partial charge in [0, 0.05) is 10.9 Å². The maximum Gasteiger partial charge on any atom is 0.0638 e. The minimum Gasteiger partial charge on any atom is -0.254 e. The van der Waals surface area contributed by atoms with E-state index in [9.17, 15) is 0 Å². The van der Waals surface area contributed by atoms with E-state index < -0.39 is 0 Å². The molecule has 0 unspecified atom stereocenters. The van der Waals surface area contributed by atoms with Crippen molar-refractivity contribution in [1.82, 2.24) is 4.98 Å². The van der Waals surface area contributed by atoms with Gasteiger partial charge in [0.25, 0.3) is 0 Å². The van der Waals surface area contributed by atoms with Crippen LogP contribution in [0.15, 0.2) is 60.7 Å². The Labute approximate surface area is 191 Å². The average molecular weight is 418 g/mol. The van der Waals surface area contributed by atoms with Gasteiger partial charge in [0.1, 0.15) is 0 Å². The Kier molecular flexibility index (Phi) is 13.9. The Morgan fingerprint density at radius 1 is 1.00 bits per heavy atom. The van der Waals surface area contributed by atoms with Gasteiger partial charge < -0.3 is 0 Å². The molecular weight excluding hydrogens is 374 g/mol. The van der Waals surface area contributed by atoms with E-state index in [0.29, 0.717) is 0 Å². The van der Waals surface area contributed by atoms with Crippen LogP contribution in [-0.4, -0.2) is 4.98 Å². The van der Waals surface area contributed by atoms with E-state index in [1.807, 2.05) is 34.6 Å². The lowest BCUT2D eigenvalue weighted by atomic mass is 10.0. The summed E-state index contributed by atoms with van der Waals surface area (Å²) in [7, 11) is 0. The molecule has 0 aliphatic rings. The normalized spacial score (nSPS) is 10.7. The molecule has 0 amide bonds. The summed E-state index contributed by atoms with van der Waals surface area (Å²) in [5.74, 6) is 0. The van der Waals surface area contributed by atoms with Crippen LogP contribution in [0.5, 0.6) is 0 Å². The molecule has 31 heavy (non-hydrogen) atoms. The van der Waals surface area contributed by atoms with Crippen molar-refractivity contribution in [3.8, 4) is 0 Å². The fourth-order valence-electron chi connectivity index (χ4n) is 3.17. The maximum atomic E-state index is 4.36. The number of pyridine rings is 1. The van der Waals surface area contributed by atoms with Crippen LogP contribution in [0, 0.1) is 6.92 Å². The van der Waals surface area contributed by atoms with Gasteiger partial charge in [-0.3, -0.25) is 4.98 Å². The third-order valence-electron chi connectivity index (χ3n) is 4.67. The van der Waals surface area contributed by atoms with E-state index in [0.717, 1.165) is 34.7 Å². The molecular formula is C30H43N. The standard InChI is InChI=1S/C15H20.C13H17N.C2H6/c1-4-6-7-13(3)12-15-10-8-14(5-2)9-11-15;1-8(2)12-7-10(5)14-11(6)13(12)9(3)4;1-2/h4,6-11H,5,12H2,1-3H3;7H,1,6H2,2-5H3;1-2H3/b6-4-,13-7+;;. The molecule has 2 aromatic rings. The lowest BCUT2D eigenvalue weighted by molar-refractivity contribution is 1.10. The van der Waals surface area contributed by atoms with Gasteiger partial charge in [-0.05, 0) is 77.1 Å². The summed E-state index contributed by atoms with van der Waals surface area (Å²) in [4.78, 5) is 4.36. The second kappa shape index (κ2) is 15.2. The molecule has 0 atom stereocenters. The summed E-state index contributed by atoms with van der Waals surface area (Å²) in [6, 6.07) is 11.0. The summed E-state index contributed by atoms with van der Waals surface area (Å²) in [6.07, 6.45) is 8.50. The van der Waals surface area contributed by atoms with Crippen molar-refractivity contribution in [3.05, 3.63) is 93.7 Å². The van der Waals surface area contributed by atoms with Gasteiger partial charge in [-0.2, -0.15) is 0 Å². The molecule has 1 nitrogen and oxygen atoms in total. The summed E-state index contributed by atoms with van der Waals surface area (Å²) in [5, 5.41) is 1.99. The first-order chi connectivity index (χ1) is 14.7. The predicted octanol–water partition coefficient (Wildman–Crippen LogP) is 7.36. The number of rotatable bonds is 5. The SMILES string of the molecule is C/C=C\C=C(/C)Cc1ccc(CC)cc1.C=C(C)c1cc(C)nc(=C)c1=C(C)C.CC. The Morgan fingerprint density at radius 2 is 1.55 bits per heavy atom. The Balaban J connectivity index is 0.000000539. The third-order valence-corrected chi connectivity index (χ3v) is 4.67. The van der Waals surface area contributed by atoms with Crippen LogP contribution in [0.4, 0.5) is 0 Å². The van der Waals surface area contributed by atoms with Crippen LogP contribution < -0.4 is 10.6 Å². The molecule has 0 spiro atoms. The molecule has 0 aliphatic heterocycles. The van der Waals surface area contributed by atoms with Crippen LogP contribution in [0.3, 0.4) is 0 Å². The van der Waals surface area contributed by atoms with Gasteiger partial charge in [0.2, 0.25) is 0 Å². The van der Waals surface area contributed by atoms with Gasteiger partial charge in [-0.25, -0.2) is 0 Å². The zero-order valence-corrected chi connectivity index (χ0v) is 21.4. The smallest absolute Gasteiger partial charge is 0.0638 e. The van der Waals surface area contributed by atoms with Crippen LogP contribution in [0.1, 0.15) is 77.8 Å². The molecule has 0 N–H and O–H groups in total. The van der Waals surface area contributed by atoms with E-state index in [1.54, 1.807) is 0 Å². The molecule has 0 aliphatic carbocycles. The van der Waals surface area contributed by atoms with Crippen LogP contribution in [-0.2, 0) is 12.8 Å². The topological polar surface area (TPSA) is 12.9 Å². The van der Waals surface area contributed by atoms with Gasteiger partial charge in [-0.15, -0.1) is 0 Å². The van der Waals surface area contributed by atoms with Gasteiger partial charge in [0.05, 0.1) is 5.35 Å². The molecule has 1 heteroatoms. The first-order valence-corrected chi connectivity index (χ1v) is 11.4. The molecule has 1 aromatic heterocycles.